The average molecular weight is 290 g/mol. The van der Waals surface area contributed by atoms with Gasteiger partial charge in [-0.25, -0.2) is 0 Å². The normalized spacial score (nSPS) is 10.1. The van der Waals surface area contributed by atoms with Gasteiger partial charge in [0.05, 0.1) is 9.85 Å². The van der Waals surface area contributed by atoms with E-state index in [4.69, 9.17) is 0 Å². The molecule has 0 atom stereocenters. The van der Waals surface area contributed by atoms with E-state index in [-0.39, 0.29) is 16.8 Å². The van der Waals surface area contributed by atoms with Crippen LogP contribution in [0.25, 0.3) is 0 Å². The van der Waals surface area contributed by atoms with Gasteiger partial charge < -0.3 is 0 Å². The molecule has 21 heavy (non-hydrogen) atoms. The van der Waals surface area contributed by atoms with Crippen molar-refractivity contribution in [2.24, 2.45) is 0 Å². The Morgan fingerprint density at radius 3 is 2.00 bits per heavy atom. The van der Waals surface area contributed by atoms with Gasteiger partial charge in [-0.1, -0.05) is 0 Å². The average Bonchev–Trinajstić information content (AvgIpc) is 2.46. The Bertz CT molecular complexity index is 743. The summed E-state index contributed by atoms with van der Waals surface area (Å²) in [4.78, 5) is 31.7. The van der Waals surface area contributed by atoms with Crippen LogP contribution in [0.2, 0.25) is 0 Å². The van der Waals surface area contributed by atoms with Crippen LogP contribution in [0.1, 0.15) is 15.9 Å². The molecule has 0 heterocycles. The minimum atomic E-state index is -1.04. The van der Waals surface area contributed by atoms with Crippen molar-refractivity contribution >= 4 is 17.2 Å². The maximum atomic E-state index is 13.2. The van der Waals surface area contributed by atoms with Crippen LogP contribution in [0.4, 0.5) is 15.8 Å². The largest absolute Gasteiger partial charge is 0.305 e. The number of hydrogen-bond acceptors (Lipinski definition) is 5. The quantitative estimate of drug-likeness (QED) is 0.489. The lowest BCUT2D eigenvalue weighted by molar-refractivity contribution is -0.387. The minimum Gasteiger partial charge on any atom is -0.289 e. The van der Waals surface area contributed by atoms with Crippen LogP contribution >= 0.6 is 0 Å². The number of halogens is 1. The number of non-ortho nitro benzene ring substituents is 1. The van der Waals surface area contributed by atoms with E-state index in [1.54, 1.807) is 0 Å². The minimum absolute atomic E-state index is 0.0723. The van der Waals surface area contributed by atoms with Crippen molar-refractivity contribution in [1.29, 1.82) is 0 Å². The SMILES string of the molecule is O=C(c1ccc([N+](=O)[O-])cc1)c1ccc(F)c([N+](=O)[O-])c1. The molecule has 0 spiro atoms. The van der Waals surface area contributed by atoms with Crippen molar-refractivity contribution in [1.82, 2.24) is 0 Å². The molecule has 2 aromatic carbocycles. The van der Waals surface area contributed by atoms with Crippen molar-refractivity contribution in [3.8, 4) is 0 Å². The highest BCUT2D eigenvalue weighted by atomic mass is 19.1. The van der Waals surface area contributed by atoms with Gasteiger partial charge >= 0.3 is 5.69 Å². The molecular formula is C13H7FN2O5. The maximum absolute atomic E-state index is 13.2. The van der Waals surface area contributed by atoms with Gasteiger partial charge in [0.1, 0.15) is 0 Å². The fourth-order valence-corrected chi connectivity index (χ4v) is 1.70. The molecular weight excluding hydrogens is 283 g/mol. The van der Waals surface area contributed by atoms with Crippen molar-refractivity contribution in [2.75, 3.05) is 0 Å². The number of benzene rings is 2. The third-order valence-electron chi connectivity index (χ3n) is 2.75. The first kappa shape index (κ1) is 14.3. The number of carbonyl (C=O) groups excluding carboxylic acids is 1. The van der Waals surface area contributed by atoms with Gasteiger partial charge in [-0.3, -0.25) is 25.0 Å². The Hall–Kier alpha value is -3.16. The van der Waals surface area contributed by atoms with Gasteiger partial charge in [-0.05, 0) is 24.3 Å². The molecule has 0 aliphatic rings. The van der Waals surface area contributed by atoms with Crippen LogP contribution in [-0.4, -0.2) is 15.6 Å². The van der Waals surface area contributed by atoms with Crippen molar-refractivity contribution in [3.63, 3.8) is 0 Å². The summed E-state index contributed by atoms with van der Waals surface area (Å²) in [5.74, 6) is -1.63. The van der Waals surface area contributed by atoms with E-state index >= 15 is 0 Å². The molecule has 0 unspecified atom stereocenters. The van der Waals surface area contributed by atoms with Gasteiger partial charge in [-0.15, -0.1) is 0 Å². The summed E-state index contributed by atoms with van der Waals surface area (Å²) < 4.78 is 13.2. The van der Waals surface area contributed by atoms with Gasteiger partial charge in [0, 0.05) is 29.3 Å². The Morgan fingerprint density at radius 1 is 0.905 bits per heavy atom. The number of nitro groups is 2. The van der Waals surface area contributed by atoms with Gasteiger partial charge in [-0.2, -0.15) is 4.39 Å². The van der Waals surface area contributed by atoms with E-state index in [0.717, 1.165) is 30.3 Å². The first-order valence-corrected chi connectivity index (χ1v) is 5.63. The fraction of sp³-hybridized carbons (Fsp3) is 0. The molecule has 0 bridgehead atoms. The zero-order valence-electron chi connectivity index (χ0n) is 10.4. The lowest BCUT2D eigenvalue weighted by Crippen LogP contribution is -2.03. The topological polar surface area (TPSA) is 103 Å². The Morgan fingerprint density at radius 2 is 1.48 bits per heavy atom. The van der Waals surface area contributed by atoms with Gasteiger partial charge in [0.15, 0.2) is 5.78 Å². The van der Waals surface area contributed by atoms with Crippen LogP contribution in [0.3, 0.4) is 0 Å². The molecule has 2 aromatic rings. The molecule has 0 N–H and O–H groups in total. The van der Waals surface area contributed by atoms with Crippen LogP contribution < -0.4 is 0 Å². The fourth-order valence-electron chi connectivity index (χ4n) is 1.70. The predicted octanol–water partition coefficient (Wildman–Crippen LogP) is 2.87. The number of nitro benzene ring substituents is 2. The highest BCUT2D eigenvalue weighted by molar-refractivity contribution is 6.09. The van der Waals surface area contributed by atoms with E-state index in [2.05, 4.69) is 0 Å². The van der Waals surface area contributed by atoms with Crippen LogP contribution in [0.15, 0.2) is 42.5 Å². The third kappa shape index (κ3) is 2.89. The number of carbonyl (C=O) groups is 1. The molecule has 0 aliphatic carbocycles. The first-order valence-electron chi connectivity index (χ1n) is 5.63. The molecule has 7 nitrogen and oxygen atoms in total. The molecule has 0 saturated heterocycles. The van der Waals surface area contributed by atoms with E-state index < -0.39 is 27.1 Å². The second-order valence-electron chi connectivity index (χ2n) is 4.06. The molecule has 0 amide bonds. The summed E-state index contributed by atoms with van der Waals surface area (Å²) in [5.41, 5.74) is -0.946. The van der Waals surface area contributed by atoms with Gasteiger partial charge in [0.2, 0.25) is 5.82 Å². The molecule has 0 aromatic heterocycles. The first-order chi connectivity index (χ1) is 9.90. The Balaban J connectivity index is 2.38. The zero-order valence-corrected chi connectivity index (χ0v) is 10.4. The van der Waals surface area contributed by atoms with Crippen LogP contribution in [-0.2, 0) is 0 Å². The molecule has 2 rings (SSSR count). The Kier molecular flexibility index (Phi) is 3.70. The monoisotopic (exact) mass is 290 g/mol. The van der Waals surface area contributed by atoms with Crippen LogP contribution in [0.5, 0.6) is 0 Å². The Labute approximate surface area is 116 Å². The summed E-state index contributed by atoms with van der Waals surface area (Å²) in [6.45, 7) is 0. The standard InChI is InChI=1S/C13H7FN2O5/c14-11-6-3-9(7-12(11)16(20)21)13(17)8-1-4-10(5-2-8)15(18)19/h1-7H. The summed E-state index contributed by atoms with van der Waals surface area (Å²) >= 11 is 0. The smallest absolute Gasteiger partial charge is 0.289 e. The van der Waals surface area contributed by atoms with Gasteiger partial charge in [0.25, 0.3) is 5.69 Å². The maximum Gasteiger partial charge on any atom is 0.305 e. The third-order valence-corrected chi connectivity index (χ3v) is 2.75. The summed E-state index contributed by atoms with van der Waals surface area (Å²) in [6, 6.07) is 7.53. The second-order valence-corrected chi connectivity index (χ2v) is 4.06. The molecule has 0 saturated carbocycles. The van der Waals surface area contributed by atoms with Crippen molar-refractivity contribution in [3.05, 3.63) is 79.6 Å². The zero-order chi connectivity index (χ0) is 15.6. The molecule has 0 radical (unpaired) electrons. The van der Waals surface area contributed by atoms with Crippen molar-refractivity contribution in [2.45, 2.75) is 0 Å². The number of nitrogens with zero attached hydrogens (tertiary/aromatic N) is 2. The molecule has 106 valence electrons. The van der Waals surface area contributed by atoms with Crippen LogP contribution in [0, 0.1) is 26.0 Å². The molecule has 0 fully saturated rings. The van der Waals surface area contributed by atoms with Crippen molar-refractivity contribution < 1.29 is 19.0 Å². The van der Waals surface area contributed by atoms with E-state index in [9.17, 15) is 29.4 Å². The van der Waals surface area contributed by atoms with E-state index in [0.29, 0.717) is 0 Å². The molecule has 0 aliphatic heterocycles. The molecule has 8 heteroatoms. The lowest BCUT2D eigenvalue weighted by Gasteiger charge is -2.02. The number of ketones is 1. The number of hydrogen-bond donors (Lipinski definition) is 0. The lowest BCUT2D eigenvalue weighted by atomic mass is 10.0. The van der Waals surface area contributed by atoms with E-state index in [1.807, 2.05) is 0 Å². The summed E-state index contributed by atoms with van der Waals surface area (Å²) in [5, 5.41) is 21.1. The predicted molar refractivity (Wildman–Crippen MR) is 69.6 cm³/mol. The summed E-state index contributed by atoms with van der Waals surface area (Å²) in [6.07, 6.45) is 0. The highest BCUT2D eigenvalue weighted by Crippen LogP contribution is 2.21. The van der Waals surface area contributed by atoms with E-state index in [1.165, 1.54) is 12.1 Å². The highest BCUT2D eigenvalue weighted by Gasteiger charge is 2.18. The number of rotatable bonds is 4. The second kappa shape index (κ2) is 5.45. The summed E-state index contributed by atoms with van der Waals surface area (Å²) in [7, 11) is 0.